The van der Waals surface area contributed by atoms with Crippen molar-refractivity contribution in [3.63, 3.8) is 0 Å². The summed E-state index contributed by atoms with van der Waals surface area (Å²) >= 11 is 0. The molecule has 2 heteroatoms. The SMILES string of the molecule is c1ccc(-c2ccc3ccc4ccc(-c5cccc(-c6ccc(-c7ccc8c9ccccc9c9ccccc9c8c7)c7ccccc67)c5)nc4c3n2)cc1. The van der Waals surface area contributed by atoms with Crippen molar-refractivity contribution in [3.8, 4) is 44.8 Å². The predicted molar refractivity (Wildman–Crippen MR) is 229 cm³/mol. The van der Waals surface area contributed by atoms with Crippen molar-refractivity contribution in [1.29, 1.82) is 0 Å². The number of fused-ring (bicyclic) bond motifs is 10. The van der Waals surface area contributed by atoms with E-state index in [0.717, 1.165) is 49.9 Å². The van der Waals surface area contributed by atoms with Gasteiger partial charge in [0, 0.05) is 21.9 Å². The number of rotatable bonds is 4. The molecule has 2 heterocycles. The molecule has 0 aliphatic rings. The Hall–Kier alpha value is -7.16. The van der Waals surface area contributed by atoms with Gasteiger partial charge >= 0.3 is 0 Å². The average molecular weight is 685 g/mol. The summed E-state index contributed by atoms with van der Waals surface area (Å²) in [7, 11) is 0. The summed E-state index contributed by atoms with van der Waals surface area (Å²) in [5.74, 6) is 0. The lowest BCUT2D eigenvalue weighted by Crippen LogP contribution is -1.91. The van der Waals surface area contributed by atoms with Gasteiger partial charge in [0.15, 0.2) is 0 Å². The normalized spacial score (nSPS) is 11.7. The van der Waals surface area contributed by atoms with Gasteiger partial charge in [-0.25, -0.2) is 9.97 Å². The van der Waals surface area contributed by atoms with Crippen LogP contribution >= 0.6 is 0 Å². The molecular formula is C52H32N2. The number of hydrogen-bond donors (Lipinski definition) is 0. The van der Waals surface area contributed by atoms with Crippen molar-refractivity contribution in [1.82, 2.24) is 9.97 Å². The van der Waals surface area contributed by atoms with Gasteiger partial charge in [-0.3, -0.25) is 0 Å². The smallest absolute Gasteiger partial charge is 0.0972 e. The van der Waals surface area contributed by atoms with Crippen LogP contribution in [0.1, 0.15) is 0 Å². The van der Waals surface area contributed by atoms with Gasteiger partial charge in [0.1, 0.15) is 0 Å². The van der Waals surface area contributed by atoms with Crippen LogP contribution in [-0.2, 0) is 0 Å². The second-order valence-corrected chi connectivity index (χ2v) is 14.1. The zero-order chi connectivity index (χ0) is 35.6. The maximum Gasteiger partial charge on any atom is 0.0972 e. The molecule has 11 rings (SSSR count). The van der Waals surface area contributed by atoms with Crippen LogP contribution < -0.4 is 0 Å². The Morgan fingerprint density at radius 2 is 0.667 bits per heavy atom. The average Bonchev–Trinajstić information content (AvgIpc) is 3.26. The summed E-state index contributed by atoms with van der Waals surface area (Å²) in [5.41, 5.74) is 10.7. The summed E-state index contributed by atoms with van der Waals surface area (Å²) < 4.78 is 0. The topological polar surface area (TPSA) is 25.8 Å². The first-order valence-corrected chi connectivity index (χ1v) is 18.5. The Balaban J connectivity index is 1.03. The molecule has 0 spiro atoms. The van der Waals surface area contributed by atoms with Crippen molar-refractivity contribution in [2.45, 2.75) is 0 Å². The van der Waals surface area contributed by atoms with Crippen molar-refractivity contribution < 1.29 is 0 Å². The van der Waals surface area contributed by atoms with E-state index in [1.807, 2.05) is 6.07 Å². The molecule has 0 N–H and O–H groups in total. The molecule has 0 aliphatic carbocycles. The highest BCUT2D eigenvalue weighted by Gasteiger charge is 2.14. The van der Waals surface area contributed by atoms with E-state index >= 15 is 0 Å². The molecule has 0 atom stereocenters. The lowest BCUT2D eigenvalue weighted by molar-refractivity contribution is 1.36. The van der Waals surface area contributed by atoms with Crippen LogP contribution in [0.15, 0.2) is 194 Å². The molecule has 0 aliphatic heterocycles. The Kier molecular flexibility index (Phi) is 6.90. The maximum absolute atomic E-state index is 5.26. The second kappa shape index (κ2) is 12.2. The highest BCUT2D eigenvalue weighted by Crippen LogP contribution is 2.41. The van der Waals surface area contributed by atoms with Gasteiger partial charge in [-0.2, -0.15) is 0 Å². The lowest BCUT2D eigenvalue weighted by atomic mass is 9.89. The maximum atomic E-state index is 5.26. The first-order chi connectivity index (χ1) is 26.8. The molecule has 0 amide bonds. The summed E-state index contributed by atoms with van der Waals surface area (Å²) in [4.78, 5) is 10.4. The van der Waals surface area contributed by atoms with Crippen LogP contribution in [0.25, 0.3) is 110 Å². The number of aromatic nitrogens is 2. The van der Waals surface area contributed by atoms with Crippen LogP contribution in [0, 0.1) is 0 Å². The van der Waals surface area contributed by atoms with Crippen LogP contribution in [0.5, 0.6) is 0 Å². The largest absolute Gasteiger partial charge is 0.245 e. The Labute approximate surface area is 312 Å². The summed E-state index contributed by atoms with van der Waals surface area (Å²) in [6.45, 7) is 0. The van der Waals surface area contributed by atoms with Gasteiger partial charge < -0.3 is 0 Å². The van der Waals surface area contributed by atoms with Crippen molar-refractivity contribution in [2.24, 2.45) is 0 Å². The molecule has 11 aromatic rings. The molecule has 0 radical (unpaired) electrons. The predicted octanol–water partition coefficient (Wildman–Crippen LogP) is 14.1. The molecule has 0 saturated heterocycles. The molecule has 9 aromatic carbocycles. The Morgan fingerprint density at radius 3 is 1.26 bits per heavy atom. The number of pyridine rings is 2. The fourth-order valence-corrected chi connectivity index (χ4v) is 8.42. The zero-order valence-corrected chi connectivity index (χ0v) is 29.4. The summed E-state index contributed by atoms with van der Waals surface area (Å²) in [6.07, 6.45) is 0. The third-order valence-corrected chi connectivity index (χ3v) is 11.0. The Bertz CT molecular complexity index is 3240. The van der Waals surface area contributed by atoms with Crippen LogP contribution in [0.4, 0.5) is 0 Å². The standard InChI is InChI=1S/C52H32N2/c1-2-11-33(12-3-1)49-29-24-34-21-22-35-25-30-50(54-52(35)51(34)53-49)38-14-10-13-36(31-38)39-27-28-40(42-16-5-4-15-41(39)42)37-23-26-47-45-19-7-6-17-43(45)44-18-8-9-20-46(44)48(47)32-37/h1-32H. The number of nitrogens with zero attached hydrogens (tertiary/aromatic N) is 2. The van der Waals surface area contributed by atoms with Gasteiger partial charge in [-0.15, -0.1) is 0 Å². The second-order valence-electron chi connectivity index (χ2n) is 14.1. The summed E-state index contributed by atoms with van der Waals surface area (Å²) in [6, 6.07) is 69.9. The highest BCUT2D eigenvalue weighted by atomic mass is 14.8. The molecule has 250 valence electrons. The van der Waals surface area contributed by atoms with Gasteiger partial charge in [-0.1, -0.05) is 170 Å². The third-order valence-electron chi connectivity index (χ3n) is 11.0. The quantitative estimate of drug-likeness (QED) is 0.172. The summed E-state index contributed by atoms with van der Waals surface area (Å²) in [5, 5.41) is 12.4. The van der Waals surface area contributed by atoms with Crippen LogP contribution in [-0.4, -0.2) is 9.97 Å². The molecular weight excluding hydrogens is 653 g/mol. The van der Waals surface area contributed by atoms with Crippen LogP contribution in [0.3, 0.4) is 0 Å². The molecule has 54 heavy (non-hydrogen) atoms. The molecule has 0 unspecified atom stereocenters. The molecule has 0 saturated carbocycles. The van der Waals surface area contributed by atoms with E-state index < -0.39 is 0 Å². The number of benzene rings is 9. The molecule has 0 bridgehead atoms. The van der Waals surface area contributed by atoms with E-state index in [0.29, 0.717) is 0 Å². The van der Waals surface area contributed by atoms with E-state index in [2.05, 4.69) is 188 Å². The molecule has 2 aromatic heterocycles. The van der Waals surface area contributed by atoms with Gasteiger partial charge in [0.05, 0.1) is 22.4 Å². The lowest BCUT2D eigenvalue weighted by Gasteiger charge is -2.15. The van der Waals surface area contributed by atoms with Crippen molar-refractivity contribution in [3.05, 3.63) is 194 Å². The number of hydrogen-bond acceptors (Lipinski definition) is 2. The van der Waals surface area contributed by atoms with Gasteiger partial charge in [0.2, 0.25) is 0 Å². The molecule has 0 fully saturated rings. The third kappa shape index (κ3) is 4.88. The minimum Gasteiger partial charge on any atom is -0.245 e. The van der Waals surface area contributed by atoms with Gasteiger partial charge in [0.25, 0.3) is 0 Å². The zero-order valence-electron chi connectivity index (χ0n) is 29.4. The van der Waals surface area contributed by atoms with E-state index in [1.165, 1.54) is 59.8 Å². The monoisotopic (exact) mass is 684 g/mol. The first-order valence-electron chi connectivity index (χ1n) is 18.5. The Morgan fingerprint density at radius 1 is 0.241 bits per heavy atom. The van der Waals surface area contributed by atoms with E-state index in [9.17, 15) is 0 Å². The minimum atomic E-state index is 0.916. The van der Waals surface area contributed by atoms with E-state index in [1.54, 1.807) is 0 Å². The van der Waals surface area contributed by atoms with Crippen molar-refractivity contribution in [2.75, 3.05) is 0 Å². The fourth-order valence-electron chi connectivity index (χ4n) is 8.42. The fraction of sp³-hybridized carbons (Fsp3) is 0. The first kappa shape index (κ1) is 30.5. The van der Waals surface area contributed by atoms with Crippen molar-refractivity contribution >= 4 is 64.9 Å². The van der Waals surface area contributed by atoms with Gasteiger partial charge in [-0.05, 0) is 89.6 Å². The minimum absolute atomic E-state index is 0.916. The van der Waals surface area contributed by atoms with Crippen LogP contribution in [0.2, 0.25) is 0 Å². The van der Waals surface area contributed by atoms with E-state index in [-0.39, 0.29) is 0 Å². The van der Waals surface area contributed by atoms with E-state index in [4.69, 9.17) is 9.97 Å². The highest BCUT2D eigenvalue weighted by molar-refractivity contribution is 6.26. The molecule has 2 nitrogen and oxygen atoms in total.